The second-order valence-corrected chi connectivity index (χ2v) is 4.98. The van der Waals surface area contributed by atoms with Crippen LogP contribution in [-0.2, 0) is 0 Å². The third-order valence-electron chi connectivity index (χ3n) is 2.83. The van der Waals surface area contributed by atoms with Crippen LogP contribution < -0.4 is 5.73 Å². The number of para-hydroxylation sites is 1. The van der Waals surface area contributed by atoms with Crippen molar-refractivity contribution in [2.45, 2.75) is 13.8 Å². The van der Waals surface area contributed by atoms with Gasteiger partial charge in [-0.3, -0.25) is 0 Å². The summed E-state index contributed by atoms with van der Waals surface area (Å²) in [5.41, 5.74) is 10.7. The standard InChI is InChI=1S/C13H12N2OS/c1-7-4-3-5-9-11(7)16-13(15-9)12-10(14)8(2)6-17-12/h3-6H,14H2,1-2H3. The van der Waals surface area contributed by atoms with Crippen LogP contribution in [0.3, 0.4) is 0 Å². The predicted molar refractivity (Wildman–Crippen MR) is 71.2 cm³/mol. The molecule has 0 radical (unpaired) electrons. The fourth-order valence-corrected chi connectivity index (χ4v) is 2.70. The highest BCUT2D eigenvalue weighted by atomic mass is 32.1. The van der Waals surface area contributed by atoms with E-state index in [-0.39, 0.29) is 0 Å². The van der Waals surface area contributed by atoms with Gasteiger partial charge in [0.15, 0.2) is 5.58 Å². The van der Waals surface area contributed by atoms with Crippen molar-refractivity contribution in [2.75, 3.05) is 5.73 Å². The molecule has 0 aliphatic heterocycles. The molecule has 0 fully saturated rings. The first-order valence-electron chi connectivity index (χ1n) is 5.37. The second kappa shape index (κ2) is 3.60. The zero-order valence-electron chi connectivity index (χ0n) is 9.65. The third-order valence-corrected chi connectivity index (χ3v) is 3.93. The SMILES string of the molecule is Cc1csc(-c2nc3cccc(C)c3o2)c1N. The fourth-order valence-electron chi connectivity index (χ4n) is 1.80. The molecule has 0 saturated carbocycles. The molecule has 0 bridgehead atoms. The molecular formula is C13H12N2OS. The number of rotatable bonds is 1. The predicted octanol–water partition coefficient (Wildman–Crippen LogP) is 3.76. The van der Waals surface area contributed by atoms with Crippen molar-refractivity contribution in [1.29, 1.82) is 0 Å². The van der Waals surface area contributed by atoms with Gasteiger partial charge in [-0.05, 0) is 36.4 Å². The van der Waals surface area contributed by atoms with E-state index >= 15 is 0 Å². The molecule has 0 aliphatic carbocycles. The Balaban J connectivity index is 2.25. The number of aryl methyl sites for hydroxylation is 2. The number of benzene rings is 1. The van der Waals surface area contributed by atoms with Crippen molar-refractivity contribution in [3.05, 3.63) is 34.7 Å². The highest BCUT2D eigenvalue weighted by Crippen LogP contribution is 2.36. The highest BCUT2D eigenvalue weighted by Gasteiger charge is 2.15. The van der Waals surface area contributed by atoms with Crippen molar-refractivity contribution >= 4 is 28.1 Å². The van der Waals surface area contributed by atoms with Gasteiger partial charge >= 0.3 is 0 Å². The summed E-state index contributed by atoms with van der Waals surface area (Å²) < 4.78 is 5.80. The van der Waals surface area contributed by atoms with Gasteiger partial charge in [-0.15, -0.1) is 11.3 Å². The summed E-state index contributed by atoms with van der Waals surface area (Å²) in [7, 11) is 0. The molecule has 0 unspecified atom stereocenters. The number of nitrogen functional groups attached to an aromatic ring is 1. The zero-order valence-corrected chi connectivity index (χ0v) is 10.5. The van der Waals surface area contributed by atoms with Gasteiger partial charge in [-0.25, -0.2) is 4.98 Å². The van der Waals surface area contributed by atoms with Crippen LogP contribution in [0, 0.1) is 13.8 Å². The number of anilines is 1. The Labute approximate surface area is 103 Å². The molecule has 0 aliphatic rings. The minimum atomic E-state index is 0.616. The van der Waals surface area contributed by atoms with E-state index < -0.39 is 0 Å². The van der Waals surface area contributed by atoms with E-state index in [0.29, 0.717) is 5.89 Å². The van der Waals surface area contributed by atoms with Crippen LogP contribution in [0.15, 0.2) is 28.0 Å². The van der Waals surface area contributed by atoms with Gasteiger partial charge in [0.1, 0.15) is 10.4 Å². The first-order valence-corrected chi connectivity index (χ1v) is 6.25. The zero-order chi connectivity index (χ0) is 12.0. The Hall–Kier alpha value is -1.81. The van der Waals surface area contributed by atoms with Crippen LogP contribution in [0.2, 0.25) is 0 Å². The Bertz CT molecular complexity index is 697. The van der Waals surface area contributed by atoms with Crippen LogP contribution >= 0.6 is 11.3 Å². The van der Waals surface area contributed by atoms with E-state index in [1.807, 2.05) is 37.4 Å². The highest BCUT2D eigenvalue weighted by molar-refractivity contribution is 7.14. The number of thiophene rings is 1. The Morgan fingerprint density at radius 3 is 2.71 bits per heavy atom. The number of nitrogens with two attached hydrogens (primary N) is 1. The summed E-state index contributed by atoms with van der Waals surface area (Å²) in [6, 6.07) is 5.94. The van der Waals surface area contributed by atoms with Crippen molar-refractivity contribution in [2.24, 2.45) is 0 Å². The van der Waals surface area contributed by atoms with Gasteiger partial charge in [-0.2, -0.15) is 0 Å². The molecule has 3 aromatic rings. The smallest absolute Gasteiger partial charge is 0.239 e. The molecule has 2 N–H and O–H groups in total. The molecule has 2 aromatic heterocycles. The lowest BCUT2D eigenvalue weighted by Gasteiger charge is -1.93. The molecule has 0 atom stereocenters. The first-order chi connectivity index (χ1) is 8.16. The Morgan fingerprint density at radius 1 is 1.24 bits per heavy atom. The van der Waals surface area contributed by atoms with Gasteiger partial charge in [0.05, 0.1) is 5.69 Å². The van der Waals surface area contributed by atoms with E-state index in [0.717, 1.165) is 32.8 Å². The Kier molecular flexibility index (Phi) is 2.19. The summed E-state index contributed by atoms with van der Waals surface area (Å²) in [5, 5.41) is 2.02. The van der Waals surface area contributed by atoms with Gasteiger partial charge in [-0.1, -0.05) is 12.1 Å². The summed E-state index contributed by atoms with van der Waals surface area (Å²) in [4.78, 5) is 5.40. The van der Waals surface area contributed by atoms with Crippen molar-refractivity contribution in [1.82, 2.24) is 4.98 Å². The molecule has 0 saturated heterocycles. The number of hydrogen-bond donors (Lipinski definition) is 1. The lowest BCUT2D eigenvalue weighted by atomic mass is 10.2. The number of oxazole rings is 1. The molecule has 86 valence electrons. The molecule has 3 nitrogen and oxygen atoms in total. The van der Waals surface area contributed by atoms with Crippen molar-refractivity contribution in [3.8, 4) is 10.8 Å². The maximum absolute atomic E-state index is 6.00. The van der Waals surface area contributed by atoms with E-state index in [4.69, 9.17) is 10.2 Å². The molecule has 3 rings (SSSR count). The third kappa shape index (κ3) is 1.52. The van der Waals surface area contributed by atoms with Gasteiger partial charge < -0.3 is 10.2 Å². The lowest BCUT2D eigenvalue weighted by Crippen LogP contribution is -1.86. The van der Waals surface area contributed by atoms with Gasteiger partial charge in [0.2, 0.25) is 5.89 Å². The minimum Gasteiger partial charge on any atom is -0.435 e. The van der Waals surface area contributed by atoms with Crippen molar-refractivity contribution < 1.29 is 4.42 Å². The average molecular weight is 244 g/mol. The quantitative estimate of drug-likeness (QED) is 0.709. The maximum atomic E-state index is 6.00. The molecule has 1 aromatic carbocycles. The van der Waals surface area contributed by atoms with Gasteiger partial charge in [0, 0.05) is 0 Å². The van der Waals surface area contributed by atoms with E-state index in [1.54, 1.807) is 11.3 Å². The molecule has 17 heavy (non-hydrogen) atoms. The summed E-state index contributed by atoms with van der Waals surface area (Å²) in [6.45, 7) is 4.00. The van der Waals surface area contributed by atoms with Crippen LogP contribution in [0.25, 0.3) is 21.9 Å². The number of nitrogens with zero attached hydrogens (tertiary/aromatic N) is 1. The monoisotopic (exact) mass is 244 g/mol. The van der Waals surface area contributed by atoms with E-state index in [1.165, 1.54) is 0 Å². The number of fused-ring (bicyclic) bond motifs is 1. The molecule has 0 amide bonds. The molecule has 2 heterocycles. The largest absolute Gasteiger partial charge is 0.435 e. The van der Waals surface area contributed by atoms with Gasteiger partial charge in [0.25, 0.3) is 0 Å². The summed E-state index contributed by atoms with van der Waals surface area (Å²) >= 11 is 1.57. The molecule has 4 heteroatoms. The van der Waals surface area contributed by atoms with Crippen LogP contribution in [-0.4, -0.2) is 4.98 Å². The normalized spacial score (nSPS) is 11.2. The average Bonchev–Trinajstić information content (AvgIpc) is 2.85. The maximum Gasteiger partial charge on any atom is 0.239 e. The summed E-state index contributed by atoms with van der Waals surface area (Å²) in [6.07, 6.45) is 0. The van der Waals surface area contributed by atoms with Crippen LogP contribution in [0.5, 0.6) is 0 Å². The van der Waals surface area contributed by atoms with Crippen LogP contribution in [0.4, 0.5) is 5.69 Å². The second-order valence-electron chi connectivity index (χ2n) is 4.10. The molecule has 0 spiro atoms. The molecular weight excluding hydrogens is 232 g/mol. The number of hydrogen-bond acceptors (Lipinski definition) is 4. The lowest BCUT2D eigenvalue weighted by molar-refractivity contribution is 0.619. The summed E-state index contributed by atoms with van der Waals surface area (Å²) in [5.74, 6) is 0.616. The minimum absolute atomic E-state index is 0.616. The number of aromatic nitrogens is 1. The topological polar surface area (TPSA) is 52.0 Å². The van der Waals surface area contributed by atoms with E-state index in [2.05, 4.69) is 4.98 Å². The Morgan fingerprint density at radius 2 is 2.06 bits per heavy atom. The fraction of sp³-hybridized carbons (Fsp3) is 0.154. The van der Waals surface area contributed by atoms with Crippen molar-refractivity contribution in [3.63, 3.8) is 0 Å². The van der Waals surface area contributed by atoms with Crippen LogP contribution in [0.1, 0.15) is 11.1 Å². The first kappa shape index (κ1) is 10.4. The van der Waals surface area contributed by atoms with E-state index in [9.17, 15) is 0 Å².